The molecule has 100 valence electrons. The van der Waals surface area contributed by atoms with Gasteiger partial charge in [-0.15, -0.1) is 0 Å². The predicted molar refractivity (Wildman–Crippen MR) is 70.8 cm³/mol. The van der Waals surface area contributed by atoms with Gasteiger partial charge in [0.25, 0.3) is 0 Å². The first-order chi connectivity index (χ1) is 8.38. The van der Waals surface area contributed by atoms with Crippen molar-refractivity contribution in [1.29, 1.82) is 0 Å². The Kier molecular flexibility index (Phi) is 5.30. The van der Waals surface area contributed by atoms with Crippen LogP contribution < -0.4 is 4.72 Å². The first-order valence-corrected chi connectivity index (χ1v) is 7.65. The molecule has 0 saturated heterocycles. The Bertz CT molecular complexity index is 530. The minimum absolute atomic E-state index is 0.0346. The van der Waals surface area contributed by atoms with Crippen LogP contribution in [0.15, 0.2) is 33.6 Å². The molecule has 5 nitrogen and oxygen atoms in total. The fourth-order valence-corrected chi connectivity index (χ4v) is 3.66. The van der Waals surface area contributed by atoms with Crippen LogP contribution in [0.5, 0.6) is 0 Å². The molecule has 7 heteroatoms. The molecule has 1 atom stereocenters. The largest absolute Gasteiger partial charge is 0.480 e. The van der Waals surface area contributed by atoms with Crippen LogP contribution in [0.1, 0.15) is 19.8 Å². The van der Waals surface area contributed by atoms with Gasteiger partial charge in [0, 0.05) is 4.47 Å². The van der Waals surface area contributed by atoms with Crippen molar-refractivity contribution in [1.82, 2.24) is 4.72 Å². The Labute approximate surface area is 114 Å². The van der Waals surface area contributed by atoms with Crippen molar-refractivity contribution < 1.29 is 18.3 Å². The van der Waals surface area contributed by atoms with E-state index in [0.29, 0.717) is 10.9 Å². The molecule has 0 spiro atoms. The minimum Gasteiger partial charge on any atom is -0.480 e. The van der Waals surface area contributed by atoms with Gasteiger partial charge in [-0.1, -0.05) is 25.5 Å². The second kappa shape index (κ2) is 6.31. The highest BCUT2D eigenvalue weighted by Crippen LogP contribution is 2.21. The van der Waals surface area contributed by atoms with Crippen LogP contribution >= 0.6 is 15.9 Å². The van der Waals surface area contributed by atoms with Crippen LogP contribution in [0.3, 0.4) is 0 Å². The lowest BCUT2D eigenvalue weighted by atomic mass is 10.2. The van der Waals surface area contributed by atoms with Crippen LogP contribution in [-0.4, -0.2) is 25.5 Å². The number of sulfonamides is 1. The van der Waals surface area contributed by atoms with E-state index in [-0.39, 0.29) is 11.3 Å². The maximum absolute atomic E-state index is 12.0. The summed E-state index contributed by atoms with van der Waals surface area (Å²) in [5.41, 5.74) is 0. The zero-order chi connectivity index (χ0) is 13.8. The molecule has 0 fully saturated rings. The van der Waals surface area contributed by atoms with Crippen LogP contribution in [-0.2, 0) is 14.8 Å². The summed E-state index contributed by atoms with van der Waals surface area (Å²) in [6.45, 7) is 1.79. The summed E-state index contributed by atoms with van der Waals surface area (Å²) in [5, 5.41) is 8.95. The molecular weight excluding hydrogens is 322 g/mol. The van der Waals surface area contributed by atoms with E-state index in [2.05, 4.69) is 20.7 Å². The quantitative estimate of drug-likeness (QED) is 0.832. The van der Waals surface area contributed by atoms with E-state index in [9.17, 15) is 13.2 Å². The van der Waals surface area contributed by atoms with E-state index < -0.39 is 22.0 Å². The molecule has 0 aliphatic carbocycles. The van der Waals surface area contributed by atoms with Crippen molar-refractivity contribution in [3.63, 3.8) is 0 Å². The first-order valence-electron chi connectivity index (χ1n) is 5.38. The molecule has 0 aliphatic heterocycles. The second-order valence-corrected chi connectivity index (χ2v) is 6.27. The van der Waals surface area contributed by atoms with Gasteiger partial charge < -0.3 is 5.11 Å². The van der Waals surface area contributed by atoms with Crippen LogP contribution in [0.25, 0.3) is 0 Å². The van der Waals surface area contributed by atoms with Gasteiger partial charge in [-0.2, -0.15) is 4.72 Å². The lowest BCUT2D eigenvalue weighted by molar-refractivity contribution is -0.139. The number of hydrogen-bond acceptors (Lipinski definition) is 3. The molecule has 2 N–H and O–H groups in total. The monoisotopic (exact) mass is 335 g/mol. The van der Waals surface area contributed by atoms with Crippen molar-refractivity contribution >= 4 is 31.9 Å². The van der Waals surface area contributed by atoms with E-state index in [0.717, 1.165) is 0 Å². The first kappa shape index (κ1) is 15.1. The Hall–Kier alpha value is -0.920. The second-order valence-electron chi connectivity index (χ2n) is 3.73. The summed E-state index contributed by atoms with van der Waals surface area (Å²) in [4.78, 5) is 11.0. The Morgan fingerprint density at radius 2 is 2.06 bits per heavy atom. The van der Waals surface area contributed by atoms with Gasteiger partial charge >= 0.3 is 5.97 Å². The SMILES string of the molecule is CCC[C@@H](NS(=O)(=O)c1ccccc1Br)C(=O)O. The molecule has 0 amide bonds. The maximum atomic E-state index is 12.0. The molecule has 0 saturated carbocycles. The molecule has 0 heterocycles. The molecule has 18 heavy (non-hydrogen) atoms. The topological polar surface area (TPSA) is 83.5 Å². The molecule has 0 aliphatic rings. The van der Waals surface area contributed by atoms with E-state index in [4.69, 9.17) is 5.11 Å². The Balaban J connectivity index is 3.01. The molecular formula is C11H14BrNO4S. The number of aliphatic carboxylic acids is 1. The van der Waals surface area contributed by atoms with Crippen LogP contribution in [0.2, 0.25) is 0 Å². The molecule has 0 bridgehead atoms. The van der Waals surface area contributed by atoms with Crippen molar-refractivity contribution in [2.45, 2.75) is 30.7 Å². The summed E-state index contributed by atoms with van der Waals surface area (Å²) in [5.74, 6) is -1.17. The maximum Gasteiger partial charge on any atom is 0.321 e. The van der Waals surface area contributed by atoms with E-state index >= 15 is 0 Å². The normalized spacial score (nSPS) is 13.2. The van der Waals surface area contributed by atoms with Gasteiger partial charge in [-0.25, -0.2) is 8.42 Å². The molecule has 0 radical (unpaired) electrons. The number of carbonyl (C=O) groups is 1. The van der Waals surface area contributed by atoms with Gasteiger partial charge in [0.2, 0.25) is 10.0 Å². The number of carboxylic acids is 1. The Morgan fingerprint density at radius 3 is 2.56 bits per heavy atom. The van der Waals surface area contributed by atoms with Gasteiger partial charge in [0.1, 0.15) is 6.04 Å². The molecule has 1 rings (SSSR count). The van der Waals surface area contributed by atoms with E-state index in [1.54, 1.807) is 25.1 Å². The average molecular weight is 336 g/mol. The van der Waals surface area contributed by atoms with Gasteiger partial charge in [-0.3, -0.25) is 4.79 Å². The van der Waals surface area contributed by atoms with Crippen LogP contribution in [0.4, 0.5) is 0 Å². The zero-order valence-electron chi connectivity index (χ0n) is 9.76. The smallest absolute Gasteiger partial charge is 0.321 e. The highest BCUT2D eigenvalue weighted by molar-refractivity contribution is 9.10. The predicted octanol–water partition coefficient (Wildman–Crippen LogP) is 1.98. The van der Waals surface area contributed by atoms with Gasteiger partial charge in [0.15, 0.2) is 0 Å². The summed E-state index contributed by atoms with van der Waals surface area (Å²) < 4.78 is 26.7. The number of carboxylic acid groups (broad SMARTS) is 1. The molecule has 1 aromatic carbocycles. The number of halogens is 1. The van der Waals surface area contributed by atoms with Crippen molar-refractivity contribution in [3.8, 4) is 0 Å². The highest BCUT2D eigenvalue weighted by atomic mass is 79.9. The third kappa shape index (κ3) is 3.79. The third-order valence-electron chi connectivity index (χ3n) is 2.30. The number of hydrogen-bond donors (Lipinski definition) is 2. The molecule has 0 aromatic heterocycles. The van der Waals surface area contributed by atoms with E-state index in [1.165, 1.54) is 6.07 Å². The highest BCUT2D eigenvalue weighted by Gasteiger charge is 2.25. The van der Waals surface area contributed by atoms with Crippen molar-refractivity contribution in [2.24, 2.45) is 0 Å². The summed E-state index contributed by atoms with van der Waals surface area (Å²) in [6.07, 6.45) is 0.828. The third-order valence-corrected chi connectivity index (χ3v) is 4.78. The lowest BCUT2D eigenvalue weighted by Gasteiger charge is -2.14. The van der Waals surface area contributed by atoms with E-state index in [1.807, 2.05) is 0 Å². The standard InChI is InChI=1S/C11H14BrNO4S/c1-2-5-9(11(14)15)13-18(16,17)10-7-4-3-6-8(10)12/h3-4,6-7,9,13H,2,5H2,1H3,(H,14,15)/t9-/m1/s1. The van der Waals surface area contributed by atoms with Crippen molar-refractivity contribution in [3.05, 3.63) is 28.7 Å². The fraction of sp³-hybridized carbons (Fsp3) is 0.364. The summed E-state index contributed by atoms with van der Waals surface area (Å²) in [6, 6.07) is 5.16. The number of benzene rings is 1. The number of rotatable bonds is 6. The van der Waals surface area contributed by atoms with Gasteiger partial charge in [0.05, 0.1) is 4.90 Å². The minimum atomic E-state index is -3.84. The van der Waals surface area contributed by atoms with Crippen LogP contribution in [0, 0.1) is 0 Å². The lowest BCUT2D eigenvalue weighted by Crippen LogP contribution is -2.40. The fourth-order valence-electron chi connectivity index (χ4n) is 1.43. The summed E-state index contributed by atoms with van der Waals surface area (Å²) in [7, 11) is -3.84. The Morgan fingerprint density at radius 1 is 1.44 bits per heavy atom. The van der Waals surface area contributed by atoms with Gasteiger partial charge in [-0.05, 0) is 34.5 Å². The summed E-state index contributed by atoms with van der Waals surface area (Å²) >= 11 is 3.13. The average Bonchev–Trinajstić information content (AvgIpc) is 2.28. The van der Waals surface area contributed by atoms with Crippen molar-refractivity contribution in [2.75, 3.05) is 0 Å². The number of nitrogens with one attached hydrogen (secondary N) is 1. The molecule has 0 unspecified atom stereocenters. The zero-order valence-corrected chi connectivity index (χ0v) is 12.2. The molecule has 1 aromatic rings.